The highest BCUT2D eigenvalue weighted by Crippen LogP contribution is 2.42. The van der Waals surface area contributed by atoms with Gasteiger partial charge in [0, 0.05) is 38.3 Å². The van der Waals surface area contributed by atoms with E-state index < -0.39 is 12.1 Å². The van der Waals surface area contributed by atoms with Crippen LogP contribution >= 0.6 is 15.9 Å². The number of amides is 1. The van der Waals surface area contributed by atoms with Crippen molar-refractivity contribution >= 4 is 21.8 Å². The van der Waals surface area contributed by atoms with E-state index in [9.17, 15) is 18.0 Å². The number of rotatable bonds is 3. The van der Waals surface area contributed by atoms with Crippen molar-refractivity contribution in [1.82, 2.24) is 31.7 Å². The molecule has 0 aromatic rings. The van der Waals surface area contributed by atoms with Gasteiger partial charge in [-0.05, 0) is 25.2 Å². The average Bonchev–Trinajstić information content (AvgIpc) is 3.06. The Morgan fingerprint density at radius 1 is 1.14 bits per heavy atom. The van der Waals surface area contributed by atoms with Gasteiger partial charge in [-0.1, -0.05) is 28.8 Å². The Morgan fingerprint density at radius 2 is 1.93 bits per heavy atom. The Kier molecular flexibility index (Phi) is 6.20. The zero-order chi connectivity index (χ0) is 19.9. The number of hydrazine groups is 3. The van der Waals surface area contributed by atoms with Gasteiger partial charge in [0.05, 0.1) is 12.0 Å². The molecule has 6 unspecified atom stereocenters. The molecule has 0 aromatic heterocycles. The first-order chi connectivity index (χ1) is 13.3. The van der Waals surface area contributed by atoms with E-state index in [1.165, 1.54) is 0 Å². The number of alkyl halides is 4. The van der Waals surface area contributed by atoms with Crippen molar-refractivity contribution in [1.29, 1.82) is 0 Å². The maximum Gasteiger partial charge on any atom is 0.392 e. The van der Waals surface area contributed by atoms with Crippen LogP contribution in [-0.4, -0.2) is 71.1 Å². The SMILES string of the molecule is O=C1NNCC(N2CCC3C(C2)NNN3CC2CCCCC2C(F)(F)F)C1Br. The van der Waals surface area contributed by atoms with Crippen LogP contribution < -0.4 is 21.8 Å². The smallest absolute Gasteiger partial charge is 0.296 e. The van der Waals surface area contributed by atoms with E-state index in [4.69, 9.17) is 0 Å². The van der Waals surface area contributed by atoms with Crippen LogP contribution in [0.3, 0.4) is 0 Å². The lowest BCUT2D eigenvalue weighted by Crippen LogP contribution is -2.65. The Labute approximate surface area is 171 Å². The fourth-order valence-corrected chi connectivity index (χ4v) is 5.86. The van der Waals surface area contributed by atoms with E-state index >= 15 is 0 Å². The maximum atomic E-state index is 13.4. The van der Waals surface area contributed by atoms with Gasteiger partial charge in [0.15, 0.2) is 0 Å². The molecule has 0 bridgehead atoms. The molecule has 3 saturated heterocycles. The van der Waals surface area contributed by atoms with Crippen LogP contribution in [0.15, 0.2) is 0 Å². The van der Waals surface area contributed by atoms with Gasteiger partial charge in [0.25, 0.3) is 0 Å². The predicted molar refractivity (Wildman–Crippen MR) is 101 cm³/mol. The molecular formula is C17H28BrF3N6O. The molecule has 4 fully saturated rings. The van der Waals surface area contributed by atoms with Crippen molar-refractivity contribution in [2.24, 2.45) is 11.8 Å². The molecule has 6 atom stereocenters. The van der Waals surface area contributed by atoms with E-state index in [2.05, 4.69) is 42.6 Å². The van der Waals surface area contributed by atoms with Crippen LogP contribution in [0.2, 0.25) is 0 Å². The molecule has 1 saturated carbocycles. The predicted octanol–water partition coefficient (Wildman–Crippen LogP) is 0.889. The Bertz CT molecular complexity index is 582. The normalized spacial score (nSPS) is 40.9. The van der Waals surface area contributed by atoms with Gasteiger partial charge in [-0.3, -0.25) is 15.1 Å². The second-order valence-corrected chi connectivity index (χ2v) is 9.38. The van der Waals surface area contributed by atoms with Crippen molar-refractivity contribution in [3.8, 4) is 0 Å². The number of piperidine rings is 1. The summed E-state index contributed by atoms with van der Waals surface area (Å²) < 4.78 is 40.3. The number of nitrogens with zero attached hydrogens (tertiary/aromatic N) is 2. The molecule has 3 heterocycles. The molecule has 4 N–H and O–H groups in total. The summed E-state index contributed by atoms with van der Waals surface area (Å²) in [5.41, 5.74) is 12.0. The molecule has 4 rings (SSSR count). The van der Waals surface area contributed by atoms with Crippen LogP contribution in [0.4, 0.5) is 13.2 Å². The number of halogens is 4. The van der Waals surface area contributed by atoms with Crippen molar-refractivity contribution in [2.45, 2.75) is 61.2 Å². The highest BCUT2D eigenvalue weighted by molar-refractivity contribution is 9.10. The number of fused-ring (bicyclic) bond motifs is 1. The van der Waals surface area contributed by atoms with E-state index in [0.717, 1.165) is 25.9 Å². The molecular weight excluding hydrogens is 441 g/mol. The van der Waals surface area contributed by atoms with Gasteiger partial charge in [-0.2, -0.15) is 18.7 Å². The Hall–Kier alpha value is -0.460. The molecule has 11 heteroatoms. The van der Waals surface area contributed by atoms with Gasteiger partial charge in [-0.15, -0.1) is 0 Å². The summed E-state index contributed by atoms with van der Waals surface area (Å²) in [4.78, 5) is 13.9. The third-order valence-electron chi connectivity index (χ3n) is 6.74. The standard InChI is InChI=1S/C17H28BrF3N6O/c18-15-14(7-22-24-16(15)28)26-6-5-13-12(9-26)23-25-27(13)8-10-3-1-2-4-11(10)17(19,20)21/h10-15,22-23,25H,1-9H2,(H,24,28). The third kappa shape index (κ3) is 4.20. The zero-order valence-corrected chi connectivity index (χ0v) is 17.2. The summed E-state index contributed by atoms with van der Waals surface area (Å²) >= 11 is 3.48. The minimum Gasteiger partial charge on any atom is -0.296 e. The molecule has 4 aliphatic rings. The fourth-order valence-electron chi connectivity index (χ4n) is 5.22. The van der Waals surface area contributed by atoms with Gasteiger partial charge in [-0.25, -0.2) is 15.9 Å². The first-order valence-electron chi connectivity index (χ1n) is 10.1. The minimum atomic E-state index is -4.11. The number of likely N-dealkylation sites (tertiary alicyclic amines) is 1. The molecule has 3 aliphatic heterocycles. The second kappa shape index (κ2) is 8.35. The lowest BCUT2D eigenvalue weighted by atomic mass is 9.78. The Balaban J connectivity index is 1.36. The number of carbonyl (C=O) groups excluding carboxylic acids is 1. The topological polar surface area (TPSA) is 71.7 Å². The number of nitrogens with one attached hydrogen (secondary N) is 4. The first-order valence-corrected chi connectivity index (χ1v) is 11.0. The summed E-state index contributed by atoms with van der Waals surface area (Å²) in [7, 11) is 0. The maximum absolute atomic E-state index is 13.4. The fraction of sp³-hybridized carbons (Fsp3) is 0.941. The van der Waals surface area contributed by atoms with Crippen LogP contribution in [0.5, 0.6) is 0 Å². The van der Waals surface area contributed by atoms with Gasteiger partial charge < -0.3 is 0 Å². The molecule has 0 radical (unpaired) electrons. The molecule has 1 amide bonds. The quantitative estimate of drug-likeness (QED) is 0.461. The van der Waals surface area contributed by atoms with Gasteiger partial charge >= 0.3 is 6.18 Å². The lowest BCUT2D eigenvalue weighted by Gasteiger charge is -2.44. The number of hydrogen-bond donors (Lipinski definition) is 4. The van der Waals surface area contributed by atoms with E-state index in [1.807, 2.05) is 5.01 Å². The highest BCUT2D eigenvalue weighted by Gasteiger charge is 2.48. The average molecular weight is 469 g/mol. The van der Waals surface area contributed by atoms with E-state index in [0.29, 0.717) is 25.9 Å². The van der Waals surface area contributed by atoms with Crippen molar-refractivity contribution in [2.75, 3.05) is 26.2 Å². The summed E-state index contributed by atoms with van der Waals surface area (Å²) in [6.45, 7) is 2.65. The third-order valence-corrected chi connectivity index (χ3v) is 7.77. The second-order valence-electron chi connectivity index (χ2n) is 8.40. The number of carbonyl (C=O) groups is 1. The van der Waals surface area contributed by atoms with Gasteiger partial charge in [0.2, 0.25) is 5.91 Å². The highest BCUT2D eigenvalue weighted by atomic mass is 79.9. The van der Waals surface area contributed by atoms with Crippen LogP contribution in [0, 0.1) is 11.8 Å². The Morgan fingerprint density at radius 3 is 2.71 bits per heavy atom. The molecule has 0 aromatic carbocycles. The minimum absolute atomic E-state index is 0.0542. The summed E-state index contributed by atoms with van der Waals surface area (Å²) in [5.74, 6) is -1.62. The van der Waals surface area contributed by atoms with Crippen LogP contribution in [-0.2, 0) is 4.79 Å². The van der Waals surface area contributed by atoms with Crippen LogP contribution in [0.25, 0.3) is 0 Å². The molecule has 0 spiro atoms. The largest absolute Gasteiger partial charge is 0.392 e. The van der Waals surface area contributed by atoms with Crippen molar-refractivity contribution < 1.29 is 18.0 Å². The molecule has 1 aliphatic carbocycles. The van der Waals surface area contributed by atoms with Crippen molar-refractivity contribution in [3.05, 3.63) is 0 Å². The summed E-state index contributed by atoms with van der Waals surface area (Å²) in [6.07, 6.45) is -0.819. The lowest BCUT2D eigenvalue weighted by molar-refractivity contribution is -0.199. The van der Waals surface area contributed by atoms with Crippen molar-refractivity contribution in [3.63, 3.8) is 0 Å². The molecule has 160 valence electrons. The van der Waals surface area contributed by atoms with E-state index in [-0.39, 0.29) is 41.2 Å². The molecule has 28 heavy (non-hydrogen) atoms. The van der Waals surface area contributed by atoms with Crippen LogP contribution in [0.1, 0.15) is 32.1 Å². The molecule has 7 nitrogen and oxygen atoms in total. The monoisotopic (exact) mass is 468 g/mol. The van der Waals surface area contributed by atoms with E-state index in [1.54, 1.807) is 0 Å². The summed E-state index contributed by atoms with van der Waals surface area (Å²) in [5, 5.41) is 1.99. The van der Waals surface area contributed by atoms with Gasteiger partial charge in [0.1, 0.15) is 4.83 Å². The summed E-state index contributed by atoms with van der Waals surface area (Å²) in [6, 6.07) is 0.357. The zero-order valence-electron chi connectivity index (χ0n) is 15.6. The number of hydrogen-bond acceptors (Lipinski definition) is 6. The first kappa shape index (κ1) is 20.8.